The maximum Gasteiger partial charge on any atom is 0.132 e. The van der Waals surface area contributed by atoms with E-state index in [1.54, 1.807) is 0 Å². The van der Waals surface area contributed by atoms with Crippen LogP contribution in [0, 0.1) is 0 Å². The van der Waals surface area contributed by atoms with Gasteiger partial charge in [0.05, 0.1) is 0 Å². The van der Waals surface area contributed by atoms with Crippen molar-refractivity contribution < 1.29 is 4.79 Å². The van der Waals surface area contributed by atoms with E-state index >= 15 is 0 Å². The van der Waals surface area contributed by atoms with Gasteiger partial charge >= 0.3 is 0 Å². The van der Waals surface area contributed by atoms with E-state index in [2.05, 4.69) is 6.92 Å². The predicted molar refractivity (Wildman–Crippen MR) is 116 cm³/mol. The Morgan fingerprint density at radius 3 is 1.00 bits per heavy atom. The molecule has 0 aliphatic rings. The van der Waals surface area contributed by atoms with Gasteiger partial charge in [0.2, 0.25) is 0 Å². The summed E-state index contributed by atoms with van der Waals surface area (Å²) >= 11 is 0. The standard InChI is InChI=1S/C7H14O.12CH4/c1-3-5-6-7(8)4-2;;;;;;;;;;;;/h3-6H2,1-2H3;12*1H4. The number of ketones is 1. The van der Waals surface area contributed by atoms with Crippen molar-refractivity contribution in [2.24, 2.45) is 0 Å². The first kappa shape index (κ1) is 154. The minimum Gasteiger partial charge on any atom is -0.300 e. The number of carbonyl (C=O) groups is 1. The lowest BCUT2D eigenvalue weighted by atomic mass is 10.1. The van der Waals surface area contributed by atoms with Gasteiger partial charge in [0.1, 0.15) is 5.78 Å². The number of unbranched alkanes of at least 4 members (excludes halogenated alkanes) is 1. The van der Waals surface area contributed by atoms with Crippen LogP contribution in [-0.2, 0) is 4.79 Å². The van der Waals surface area contributed by atoms with Crippen LogP contribution in [0.4, 0.5) is 0 Å². The molecule has 0 fully saturated rings. The molecule has 0 bridgehead atoms. The van der Waals surface area contributed by atoms with Gasteiger partial charge < -0.3 is 0 Å². The molecule has 0 aromatic heterocycles. The van der Waals surface area contributed by atoms with E-state index in [0.29, 0.717) is 12.2 Å². The van der Waals surface area contributed by atoms with Gasteiger partial charge in [-0.3, -0.25) is 4.79 Å². The van der Waals surface area contributed by atoms with Gasteiger partial charge in [0.15, 0.2) is 0 Å². The molecule has 0 unspecified atom stereocenters. The molecule has 20 heavy (non-hydrogen) atoms. The predicted octanol–water partition coefficient (Wildman–Crippen LogP) is 9.79. The van der Waals surface area contributed by atoms with E-state index in [1.807, 2.05) is 6.92 Å². The van der Waals surface area contributed by atoms with Crippen LogP contribution in [0.5, 0.6) is 0 Å². The van der Waals surface area contributed by atoms with Crippen LogP contribution in [0.25, 0.3) is 0 Å². The molecule has 0 aromatic carbocycles. The Hall–Kier alpha value is -0.330. The van der Waals surface area contributed by atoms with Crippen molar-refractivity contribution in [1.29, 1.82) is 0 Å². The SMILES string of the molecule is C.C.C.C.C.C.C.C.C.C.C.C.CCCCC(=O)CC. The molecule has 0 atom stereocenters. The number of Topliss-reactive ketones (excluding diaryl/α,β-unsaturated/α-hetero) is 1. The van der Waals surface area contributed by atoms with E-state index in [0.717, 1.165) is 19.3 Å². The fourth-order valence-electron chi connectivity index (χ4n) is 0.551. The van der Waals surface area contributed by atoms with Crippen molar-refractivity contribution >= 4 is 5.78 Å². The molecule has 1 nitrogen and oxygen atoms in total. The zero-order chi connectivity index (χ0) is 6.41. The quantitative estimate of drug-likeness (QED) is 0.505. The highest BCUT2D eigenvalue weighted by Crippen LogP contribution is 1.96. The summed E-state index contributed by atoms with van der Waals surface area (Å²) in [5, 5.41) is 0. The monoisotopic (exact) mass is 306 g/mol. The van der Waals surface area contributed by atoms with Gasteiger partial charge in [-0.25, -0.2) is 0 Å². The van der Waals surface area contributed by atoms with Crippen molar-refractivity contribution in [3.8, 4) is 0 Å². The second-order valence-corrected chi connectivity index (χ2v) is 2.00. The first-order valence-corrected chi connectivity index (χ1v) is 3.33. The van der Waals surface area contributed by atoms with Crippen molar-refractivity contribution in [2.45, 2.75) is 129 Å². The third-order valence-electron chi connectivity index (χ3n) is 1.20. The fourth-order valence-corrected chi connectivity index (χ4v) is 0.551. The molecule has 0 spiro atoms. The fraction of sp³-hybridized carbons (Fsp3) is 0.947. The van der Waals surface area contributed by atoms with Gasteiger partial charge in [-0.15, -0.1) is 0 Å². The number of rotatable bonds is 4. The summed E-state index contributed by atoms with van der Waals surface area (Å²) < 4.78 is 0. The van der Waals surface area contributed by atoms with E-state index in [1.165, 1.54) is 0 Å². The van der Waals surface area contributed by atoms with Crippen LogP contribution in [0.3, 0.4) is 0 Å². The summed E-state index contributed by atoms with van der Waals surface area (Å²) in [6, 6.07) is 0. The van der Waals surface area contributed by atoms with Crippen molar-refractivity contribution in [2.75, 3.05) is 0 Å². The number of hydrogen-bond donors (Lipinski definition) is 0. The zero-order valence-electron chi connectivity index (χ0n) is 5.74. The largest absolute Gasteiger partial charge is 0.300 e. The lowest BCUT2D eigenvalue weighted by Crippen LogP contribution is -1.92. The summed E-state index contributed by atoms with van der Waals surface area (Å²) in [5.41, 5.74) is 0. The molecule has 144 valence electrons. The summed E-state index contributed by atoms with van der Waals surface area (Å²) in [7, 11) is 0. The Kier molecular flexibility index (Phi) is 1010. The van der Waals surface area contributed by atoms with Gasteiger partial charge in [-0.05, 0) is 6.42 Å². The smallest absolute Gasteiger partial charge is 0.132 e. The first-order chi connectivity index (χ1) is 3.81. The third kappa shape index (κ3) is 153. The molecule has 0 rings (SSSR count). The Balaban J connectivity index is -0.00000000371. The van der Waals surface area contributed by atoms with Crippen LogP contribution in [0.15, 0.2) is 0 Å². The summed E-state index contributed by atoms with van der Waals surface area (Å²) in [6.45, 7) is 4.01. The zero-order valence-corrected chi connectivity index (χ0v) is 5.74. The van der Waals surface area contributed by atoms with Gasteiger partial charge in [-0.1, -0.05) is 109 Å². The molecular formula is C19H62O. The molecule has 0 saturated heterocycles. The Morgan fingerprint density at radius 1 is 0.600 bits per heavy atom. The Labute approximate surface area is 140 Å². The topological polar surface area (TPSA) is 17.1 Å². The average Bonchev–Trinajstić information content (AvgIpc) is 1.83. The highest BCUT2D eigenvalue weighted by molar-refractivity contribution is 5.77. The van der Waals surface area contributed by atoms with E-state index in [9.17, 15) is 4.79 Å². The molecule has 0 heterocycles. The molecule has 1 heteroatoms. The maximum atomic E-state index is 10.6. The number of hydrogen-bond acceptors (Lipinski definition) is 1. The van der Waals surface area contributed by atoms with Gasteiger partial charge in [0, 0.05) is 12.8 Å². The minimum atomic E-state index is 0. The van der Waals surface area contributed by atoms with Crippen molar-refractivity contribution in [3.63, 3.8) is 0 Å². The molecule has 0 aromatic rings. The Morgan fingerprint density at radius 2 is 0.850 bits per heavy atom. The lowest BCUT2D eigenvalue weighted by molar-refractivity contribution is -0.118. The van der Waals surface area contributed by atoms with Crippen LogP contribution in [0.2, 0.25) is 0 Å². The molecule has 0 saturated carbocycles. The minimum absolute atomic E-state index is 0. The molecule has 0 aliphatic heterocycles. The Bertz CT molecular complexity index is 68.2. The second kappa shape index (κ2) is 131. The van der Waals surface area contributed by atoms with Gasteiger partial charge in [0.25, 0.3) is 0 Å². The molecule has 0 N–H and O–H groups in total. The molecular weight excluding hydrogens is 244 g/mol. The highest BCUT2D eigenvalue weighted by Gasteiger charge is 1.93. The lowest BCUT2D eigenvalue weighted by Gasteiger charge is -1.91. The third-order valence-corrected chi connectivity index (χ3v) is 1.20. The highest BCUT2D eigenvalue weighted by atomic mass is 16.1. The normalized spacial score (nSPS) is 3.70. The van der Waals surface area contributed by atoms with Crippen molar-refractivity contribution in [1.82, 2.24) is 0 Å². The van der Waals surface area contributed by atoms with Crippen molar-refractivity contribution in [3.05, 3.63) is 0 Å². The van der Waals surface area contributed by atoms with E-state index in [-0.39, 0.29) is 89.1 Å². The van der Waals surface area contributed by atoms with E-state index < -0.39 is 0 Å². The second-order valence-electron chi connectivity index (χ2n) is 2.00. The maximum absolute atomic E-state index is 10.6. The average molecular weight is 307 g/mol. The van der Waals surface area contributed by atoms with Gasteiger partial charge in [-0.2, -0.15) is 0 Å². The molecule has 0 radical (unpaired) electrons. The van der Waals surface area contributed by atoms with Crippen LogP contribution in [-0.4, -0.2) is 5.78 Å². The first-order valence-electron chi connectivity index (χ1n) is 3.33. The van der Waals surface area contributed by atoms with Crippen LogP contribution in [0.1, 0.15) is 129 Å². The summed E-state index contributed by atoms with van der Waals surface area (Å²) in [4.78, 5) is 10.6. The van der Waals surface area contributed by atoms with E-state index in [4.69, 9.17) is 0 Å². The summed E-state index contributed by atoms with van der Waals surface area (Å²) in [6.07, 6.45) is 3.69. The summed E-state index contributed by atoms with van der Waals surface area (Å²) in [5.74, 6) is 0.395. The number of carbonyl (C=O) groups excluding carboxylic acids is 1. The van der Waals surface area contributed by atoms with Crippen LogP contribution >= 0.6 is 0 Å². The molecule has 0 aliphatic carbocycles. The van der Waals surface area contributed by atoms with Crippen LogP contribution < -0.4 is 0 Å². The molecule has 0 amide bonds.